The summed E-state index contributed by atoms with van der Waals surface area (Å²) in [7, 11) is 0. The van der Waals surface area contributed by atoms with Gasteiger partial charge in [0.1, 0.15) is 11.6 Å². The number of pyridine rings is 1. The molecule has 0 radical (unpaired) electrons. The molecule has 5 heteroatoms. The fourth-order valence-corrected chi connectivity index (χ4v) is 10.4. The van der Waals surface area contributed by atoms with Gasteiger partial charge in [-0.1, -0.05) is 152 Å². The van der Waals surface area contributed by atoms with E-state index in [9.17, 15) is 4.11 Å². The molecule has 0 saturated heterocycles. The summed E-state index contributed by atoms with van der Waals surface area (Å²) in [5.74, 6) is 1.31. The lowest BCUT2D eigenvalue weighted by atomic mass is 10.0. The largest absolute Gasteiger partial charge is 0.309 e. The molecule has 14 rings (SSSR count). The Balaban J connectivity index is 1.18. The maximum absolute atomic E-state index is 10.7. The normalized spacial score (nSPS) is 12.7. The molecule has 0 N–H and O–H groups in total. The van der Waals surface area contributed by atoms with Crippen molar-refractivity contribution < 1.29 is 4.11 Å². The molecule has 0 aliphatic heterocycles. The average Bonchev–Trinajstić information content (AvgIpc) is 4.11. The molecule has 64 heavy (non-hydrogen) atoms. The van der Waals surface area contributed by atoms with Crippen LogP contribution in [0, 0.1) is 0 Å². The molecule has 0 saturated carbocycles. The van der Waals surface area contributed by atoms with Crippen LogP contribution in [0.3, 0.4) is 0 Å². The number of aromatic nitrogens is 5. The Labute approximate surface area is 371 Å². The molecular formula is C59H37N5. The van der Waals surface area contributed by atoms with Crippen LogP contribution < -0.4 is 0 Å². The summed E-state index contributed by atoms with van der Waals surface area (Å²) in [6.07, 6.45) is 0. The highest BCUT2D eigenvalue weighted by Gasteiger charge is 2.22. The summed E-state index contributed by atoms with van der Waals surface area (Å²) in [6.45, 7) is 0. The first-order chi connectivity index (χ1) is 33.0. The molecule has 5 aromatic heterocycles. The van der Waals surface area contributed by atoms with Crippen LogP contribution in [0.1, 0.15) is 4.11 Å². The summed E-state index contributed by atoms with van der Waals surface area (Å²) in [5, 5.41) is 8.53. The minimum atomic E-state index is -0.0373. The first-order valence-corrected chi connectivity index (χ1v) is 21.7. The van der Waals surface area contributed by atoms with Gasteiger partial charge in [0.05, 0.1) is 53.9 Å². The number of nitrogens with zero attached hydrogens (tertiary/aromatic N) is 5. The zero-order valence-corrected chi connectivity index (χ0v) is 34.4. The number of fused-ring (bicyclic) bond motifs is 12. The smallest absolute Gasteiger partial charge is 0.140 e. The minimum absolute atomic E-state index is 0.0114. The molecule has 0 unspecified atom stereocenters. The Kier molecular flexibility index (Phi) is 6.73. The second kappa shape index (κ2) is 13.4. The number of benzene rings is 9. The van der Waals surface area contributed by atoms with Gasteiger partial charge in [0.15, 0.2) is 0 Å². The van der Waals surface area contributed by atoms with E-state index in [2.05, 4.69) is 159 Å². The van der Waals surface area contributed by atoms with Gasteiger partial charge in [-0.15, -0.1) is 0 Å². The van der Waals surface area contributed by atoms with Gasteiger partial charge < -0.3 is 9.13 Å². The van der Waals surface area contributed by atoms with Crippen molar-refractivity contribution in [2.45, 2.75) is 0 Å². The van der Waals surface area contributed by atoms with Gasteiger partial charge in [-0.3, -0.25) is 9.13 Å². The predicted octanol–water partition coefficient (Wildman–Crippen LogP) is 15.1. The molecule has 0 atom stereocenters. The second-order valence-corrected chi connectivity index (χ2v) is 16.5. The molecular weight excluding hydrogens is 779 g/mol. The van der Waals surface area contributed by atoms with Crippen molar-refractivity contribution in [3.63, 3.8) is 0 Å². The van der Waals surface area contributed by atoms with Crippen LogP contribution in [0.4, 0.5) is 0 Å². The monoisotopic (exact) mass is 818 g/mol. The van der Waals surface area contributed by atoms with E-state index < -0.39 is 0 Å². The lowest BCUT2D eigenvalue weighted by molar-refractivity contribution is 1.01. The van der Waals surface area contributed by atoms with Crippen molar-refractivity contribution in [1.29, 1.82) is 0 Å². The average molecular weight is 819 g/mol. The molecule has 298 valence electrons. The Hall–Kier alpha value is -8.67. The maximum atomic E-state index is 10.7. The van der Waals surface area contributed by atoms with Crippen molar-refractivity contribution in [3.05, 3.63) is 224 Å². The number of hydrogen-bond donors (Lipinski definition) is 0. The van der Waals surface area contributed by atoms with Crippen molar-refractivity contribution in [1.82, 2.24) is 23.3 Å². The van der Waals surface area contributed by atoms with Crippen LogP contribution >= 0.6 is 0 Å². The first kappa shape index (κ1) is 32.1. The van der Waals surface area contributed by atoms with Crippen LogP contribution in [-0.2, 0) is 0 Å². The Morgan fingerprint density at radius 2 is 0.594 bits per heavy atom. The Morgan fingerprint density at radius 1 is 0.312 bits per heavy atom. The lowest BCUT2D eigenvalue weighted by Crippen LogP contribution is -2.06. The topological polar surface area (TPSA) is 32.6 Å². The summed E-state index contributed by atoms with van der Waals surface area (Å²) in [6, 6.07) is 70.8. The molecule has 0 amide bonds. The summed E-state index contributed by atoms with van der Waals surface area (Å²) >= 11 is 0. The summed E-state index contributed by atoms with van der Waals surface area (Å²) in [4.78, 5) is 5.60. The minimum Gasteiger partial charge on any atom is -0.309 e. The second-order valence-electron chi connectivity index (χ2n) is 16.5. The van der Waals surface area contributed by atoms with Crippen LogP contribution in [0.25, 0.3) is 121 Å². The van der Waals surface area contributed by atoms with Gasteiger partial charge in [0.2, 0.25) is 0 Å². The third-order valence-corrected chi connectivity index (χ3v) is 13.1. The van der Waals surface area contributed by atoms with Gasteiger partial charge in [-0.25, -0.2) is 4.98 Å². The molecule has 0 spiro atoms. The van der Waals surface area contributed by atoms with Crippen LogP contribution in [-0.4, -0.2) is 23.3 Å². The van der Waals surface area contributed by atoms with E-state index in [0.29, 0.717) is 34.1 Å². The van der Waals surface area contributed by atoms with Gasteiger partial charge in [-0.05, 0) is 78.3 Å². The van der Waals surface area contributed by atoms with Crippen LogP contribution in [0.15, 0.2) is 224 Å². The van der Waals surface area contributed by atoms with Gasteiger partial charge in [0.25, 0.3) is 0 Å². The third-order valence-electron chi connectivity index (χ3n) is 13.1. The van der Waals surface area contributed by atoms with Crippen molar-refractivity contribution in [2.24, 2.45) is 0 Å². The highest BCUT2D eigenvalue weighted by molar-refractivity contribution is 6.13. The predicted molar refractivity (Wildman–Crippen MR) is 267 cm³/mol. The molecule has 5 heterocycles. The highest BCUT2D eigenvalue weighted by atomic mass is 15.1. The lowest BCUT2D eigenvalue weighted by Gasteiger charge is -2.19. The van der Waals surface area contributed by atoms with Gasteiger partial charge >= 0.3 is 0 Å². The molecule has 5 nitrogen and oxygen atoms in total. The first-order valence-electron chi connectivity index (χ1n) is 23.2. The van der Waals surface area contributed by atoms with E-state index >= 15 is 0 Å². The highest BCUT2D eigenvalue weighted by Crippen LogP contribution is 2.42. The fourth-order valence-electron chi connectivity index (χ4n) is 10.4. The molecule has 0 aliphatic carbocycles. The molecule has 0 aliphatic rings. The van der Waals surface area contributed by atoms with Gasteiger partial charge in [0, 0.05) is 54.3 Å². The van der Waals surface area contributed by atoms with E-state index in [1.165, 1.54) is 0 Å². The molecule has 14 aromatic rings. The quantitative estimate of drug-likeness (QED) is 0.170. The zero-order valence-electron chi connectivity index (χ0n) is 37.4. The number of hydrogen-bond acceptors (Lipinski definition) is 1. The van der Waals surface area contributed by atoms with Crippen LogP contribution in [0.2, 0.25) is 0 Å². The Morgan fingerprint density at radius 3 is 0.922 bits per heavy atom. The van der Waals surface area contributed by atoms with Crippen molar-refractivity contribution in [2.75, 3.05) is 0 Å². The van der Waals surface area contributed by atoms with Crippen molar-refractivity contribution >= 4 is 87.2 Å². The Bertz CT molecular complexity index is 4050. The third kappa shape index (κ3) is 4.92. The van der Waals surface area contributed by atoms with E-state index in [0.717, 1.165) is 87.2 Å². The van der Waals surface area contributed by atoms with E-state index in [1.54, 1.807) is 0 Å². The maximum Gasteiger partial charge on any atom is 0.140 e. The molecule has 0 fully saturated rings. The number of para-hydroxylation sites is 8. The zero-order chi connectivity index (χ0) is 44.5. The summed E-state index contributed by atoms with van der Waals surface area (Å²) < 4.78 is 39.9. The standard InChI is InChI=1S/C59H37N5/c1-9-25-49-41(17-1)42-18-2-10-26-50(42)61(49)39-33-34-40(57(37-39)62-51-27-11-3-19-43(51)44-20-4-12-28-52(44)62)38-35-58(63-53-29-13-5-21-45(53)46-22-6-14-30-54(46)63)60-59(36-38)64-55-31-15-7-23-47(55)48-24-8-16-32-56(48)64/h1-37H/i33D,34D,37D. The van der Waals surface area contributed by atoms with E-state index in [-0.39, 0.29) is 18.1 Å². The fraction of sp³-hybridized carbons (Fsp3) is 0. The molecule has 0 bridgehead atoms. The van der Waals surface area contributed by atoms with Crippen LogP contribution in [0.5, 0.6) is 0 Å². The van der Waals surface area contributed by atoms with Gasteiger partial charge in [-0.2, -0.15) is 0 Å². The number of rotatable bonds is 5. The molecule has 9 aromatic carbocycles. The van der Waals surface area contributed by atoms with E-state index in [4.69, 9.17) is 4.98 Å². The van der Waals surface area contributed by atoms with Crippen molar-refractivity contribution in [3.8, 4) is 34.1 Å². The van der Waals surface area contributed by atoms with E-state index in [1.807, 2.05) is 65.2 Å². The SMILES string of the molecule is [2H]c1c([2H])c(-n2c3ccccc3c3ccccc32)c([2H])c(-n2c3ccccc3c3ccccc32)c1-c1cc(-n2c3ccccc3c3ccccc32)nc(-n2c3ccccc3c3ccccc32)c1. The summed E-state index contributed by atoms with van der Waals surface area (Å²) in [5.41, 5.74) is 9.56.